The monoisotopic (exact) mass is 532 g/mol. The maximum Gasteiger partial charge on any atom is 0.154 e. The van der Waals surface area contributed by atoms with Crippen LogP contribution in [0.1, 0.15) is 18.5 Å². The Balaban J connectivity index is 1.50. The van der Waals surface area contributed by atoms with Crippen LogP contribution in [0.4, 0.5) is 0 Å². The molecule has 0 bridgehead atoms. The van der Waals surface area contributed by atoms with Crippen molar-refractivity contribution in [1.82, 2.24) is 9.13 Å². The number of hydrogen-bond acceptors (Lipinski definition) is 3. The number of aromatic nitrogens is 2. The van der Waals surface area contributed by atoms with Crippen molar-refractivity contribution < 1.29 is 4.74 Å². The number of hydrogen-bond donors (Lipinski definition) is 2. The van der Waals surface area contributed by atoms with Gasteiger partial charge in [0, 0.05) is 33.3 Å². The van der Waals surface area contributed by atoms with Gasteiger partial charge in [-0.3, -0.25) is 0 Å². The zero-order valence-electron chi connectivity index (χ0n) is 22.6. The molecule has 7 aromatic rings. The fourth-order valence-corrected chi connectivity index (χ4v) is 6.57. The molecule has 1 unspecified atom stereocenters. The van der Waals surface area contributed by atoms with Crippen LogP contribution in [0, 0.1) is 0 Å². The molecular weight excluding hydrogens is 504 g/mol. The van der Waals surface area contributed by atoms with Crippen molar-refractivity contribution >= 4 is 43.6 Å². The molecule has 198 valence electrons. The Labute approximate surface area is 237 Å². The second kappa shape index (κ2) is 8.88. The number of fused-ring (bicyclic) bond motifs is 9. The lowest BCUT2D eigenvalue weighted by Crippen LogP contribution is -2.13. The third-order valence-electron chi connectivity index (χ3n) is 8.33. The average Bonchev–Trinajstić information content (AvgIpc) is 3.53. The van der Waals surface area contributed by atoms with E-state index in [9.17, 15) is 0 Å². The molecule has 0 amide bonds. The highest BCUT2D eigenvalue weighted by Crippen LogP contribution is 2.50. The smallest absolute Gasteiger partial charge is 0.154 e. The van der Waals surface area contributed by atoms with Gasteiger partial charge in [0.2, 0.25) is 0 Å². The lowest BCUT2D eigenvalue weighted by atomic mass is 9.98. The highest BCUT2D eigenvalue weighted by atomic mass is 16.5. The molecule has 0 radical (unpaired) electrons. The van der Waals surface area contributed by atoms with Crippen LogP contribution in [0.2, 0.25) is 0 Å². The van der Waals surface area contributed by atoms with Crippen LogP contribution in [-0.2, 0) is 0 Å². The number of nitrogens with two attached hydrogens (primary N) is 2. The van der Waals surface area contributed by atoms with Gasteiger partial charge in [0.25, 0.3) is 0 Å². The summed E-state index contributed by atoms with van der Waals surface area (Å²) in [6.45, 7) is 1.98. The van der Waals surface area contributed by atoms with E-state index in [2.05, 4.69) is 100 Å². The fourth-order valence-electron chi connectivity index (χ4n) is 6.57. The first-order chi connectivity index (χ1) is 20.2. The van der Waals surface area contributed by atoms with Gasteiger partial charge in [-0.25, -0.2) is 0 Å². The van der Waals surface area contributed by atoms with Crippen LogP contribution in [0.25, 0.3) is 55.0 Å². The highest BCUT2D eigenvalue weighted by Gasteiger charge is 2.28. The van der Waals surface area contributed by atoms with E-state index in [-0.39, 0.29) is 6.04 Å². The zero-order valence-corrected chi connectivity index (χ0v) is 22.6. The minimum Gasteiger partial charge on any atom is -0.453 e. The summed E-state index contributed by atoms with van der Waals surface area (Å²) in [5.41, 5.74) is 21.0. The highest BCUT2D eigenvalue weighted by molar-refractivity contribution is 6.30. The molecule has 1 aliphatic heterocycles. The molecule has 5 nitrogen and oxygen atoms in total. The molecule has 0 spiro atoms. The largest absolute Gasteiger partial charge is 0.453 e. The molecule has 3 heterocycles. The Morgan fingerprint density at radius 1 is 0.732 bits per heavy atom. The minimum absolute atomic E-state index is 0.293. The summed E-state index contributed by atoms with van der Waals surface area (Å²) in [5, 5.41) is 4.83. The number of nitrogens with zero attached hydrogens (tertiary/aromatic N) is 2. The number of benzene rings is 5. The lowest BCUT2D eigenvalue weighted by Gasteiger charge is -2.21. The summed E-state index contributed by atoms with van der Waals surface area (Å²) >= 11 is 0. The van der Waals surface area contributed by atoms with Crippen LogP contribution in [0.3, 0.4) is 0 Å². The zero-order chi connectivity index (χ0) is 27.7. The van der Waals surface area contributed by atoms with Gasteiger partial charge in [-0.2, -0.15) is 0 Å². The summed E-state index contributed by atoms with van der Waals surface area (Å²) < 4.78 is 11.3. The fraction of sp³-hybridized carbons (Fsp3) is 0.0556. The quantitative estimate of drug-likeness (QED) is 0.224. The molecule has 41 heavy (non-hydrogen) atoms. The molecule has 5 heteroatoms. The maximum atomic E-state index is 6.71. The predicted molar refractivity (Wildman–Crippen MR) is 169 cm³/mol. The normalized spacial score (nSPS) is 13.9. The third-order valence-corrected chi connectivity index (χ3v) is 8.33. The Kier molecular flexibility index (Phi) is 5.11. The van der Waals surface area contributed by atoms with Gasteiger partial charge in [0.15, 0.2) is 11.5 Å². The summed E-state index contributed by atoms with van der Waals surface area (Å²) in [4.78, 5) is 0. The van der Waals surface area contributed by atoms with Gasteiger partial charge >= 0.3 is 0 Å². The Morgan fingerprint density at radius 3 is 2.22 bits per heavy atom. The molecule has 4 N–H and O–H groups in total. The number of para-hydroxylation sites is 4. The third kappa shape index (κ3) is 3.27. The van der Waals surface area contributed by atoms with Gasteiger partial charge < -0.3 is 25.3 Å². The van der Waals surface area contributed by atoms with Gasteiger partial charge in [0.1, 0.15) is 0 Å². The van der Waals surface area contributed by atoms with E-state index in [1.807, 2.05) is 31.2 Å². The maximum absolute atomic E-state index is 6.71. The van der Waals surface area contributed by atoms with Gasteiger partial charge in [-0.15, -0.1) is 0 Å². The second-order valence-electron chi connectivity index (χ2n) is 10.5. The van der Waals surface area contributed by atoms with E-state index >= 15 is 0 Å². The van der Waals surface area contributed by atoms with Crippen LogP contribution in [0.5, 0.6) is 11.5 Å². The van der Waals surface area contributed by atoms with Crippen LogP contribution in [0.15, 0.2) is 127 Å². The summed E-state index contributed by atoms with van der Waals surface area (Å²) in [5.74, 6) is 1.70. The molecule has 2 aromatic heterocycles. The van der Waals surface area contributed by atoms with E-state index in [1.54, 1.807) is 0 Å². The van der Waals surface area contributed by atoms with Gasteiger partial charge in [-0.1, -0.05) is 66.7 Å². The van der Waals surface area contributed by atoms with E-state index < -0.39 is 0 Å². The van der Waals surface area contributed by atoms with Crippen molar-refractivity contribution in [3.63, 3.8) is 0 Å². The molecule has 0 aliphatic carbocycles. The average molecular weight is 533 g/mol. The summed E-state index contributed by atoms with van der Waals surface area (Å²) in [7, 11) is 0. The van der Waals surface area contributed by atoms with Crippen molar-refractivity contribution in [3.8, 4) is 22.9 Å². The molecule has 0 fully saturated rings. The molecule has 1 atom stereocenters. The Morgan fingerprint density at radius 2 is 1.44 bits per heavy atom. The van der Waals surface area contributed by atoms with E-state index in [1.165, 1.54) is 33.3 Å². The Hall–Kier alpha value is -5.26. The van der Waals surface area contributed by atoms with E-state index in [4.69, 9.17) is 16.2 Å². The van der Waals surface area contributed by atoms with E-state index in [0.29, 0.717) is 0 Å². The molecule has 1 aliphatic rings. The van der Waals surface area contributed by atoms with Crippen molar-refractivity contribution in [3.05, 3.63) is 133 Å². The topological polar surface area (TPSA) is 71.1 Å². The Bertz CT molecular complexity index is 2230. The minimum atomic E-state index is -0.293. The lowest BCUT2D eigenvalue weighted by molar-refractivity contribution is 0.477. The first kappa shape index (κ1) is 23.6. The first-order valence-corrected chi connectivity index (χ1v) is 13.9. The summed E-state index contributed by atoms with van der Waals surface area (Å²) in [6, 6.07) is 35.9. The van der Waals surface area contributed by atoms with E-state index in [0.717, 1.165) is 50.6 Å². The van der Waals surface area contributed by atoms with Gasteiger partial charge in [-0.05, 0) is 66.7 Å². The SMILES string of the molecule is C/C=C(\C=C/N)C(N)c1cccc(-n2c3ccccc3c3c4c5ccccc5n5c4c(cc32)Oc2ccccc2-5)c1. The first-order valence-electron chi connectivity index (χ1n) is 13.9. The van der Waals surface area contributed by atoms with Crippen molar-refractivity contribution in [2.45, 2.75) is 13.0 Å². The van der Waals surface area contributed by atoms with Crippen LogP contribution in [-0.4, -0.2) is 9.13 Å². The van der Waals surface area contributed by atoms with Crippen LogP contribution >= 0.6 is 0 Å². The van der Waals surface area contributed by atoms with Crippen LogP contribution < -0.4 is 16.2 Å². The van der Waals surface area contributed by atoms with Gasteiger partial charge in [0.05, 0.1) is 33.8 Å². The number of rotatable bonds is 4. The number of allylic oxidation sites excluding steroid dienone is 1. The molecule has 8 rings (SSSR count). The molecule has 0 saturated carbocycles. The van der Waals surface area contributed by atoms with Crippen molar-refractivity contribution in [1.29, 1.82) is 0 Å². The summed E-state index contributed by atoms with van der Waals surface area (Å²) in [6.07, 6.45) is 5.41. The second-order valence-corrected chi connectivity index (χ2v) is 10.5. The van der Waals surface area contributed by atoms with Crippen molar-refractivity contribution in [2.75, 3.05) is 0 Å². The standard InChI is InChI=1S/C36H28N4O/c1-2-22(18-19-37)35(38)23-10-9-11-24(20-23)39-27-14-5-3-12-25(27)33-30(39)21-32-36-34(33)26-13-4-6-15-28(26)40(36)29-16-7-8-17-31(29)41-32/h2-21,35H,37-38H2,1H3/b19-18-,22-2+. The predicted octanol–water partition coefficient (Wildman–Crippen LogP) is 8.41. The molecular formula is C36H28N4O. The van der Waals surface area contributed by atoms with Crippen molar-refractivity contribution in [2.24, 2.45) is 11.5 Å². The number of ether oxygens (including phenoxy) is 1. The molecule has 5 aromatic carbocycles. The molecule has 0 saturated heterocycles.